The Morgan fingerprint density at radius 2 is 1.86 bits per heavy atom. The maximum Gasteiger partial charge on any atom is 0.416 e. The zero-order chi connectivity index (χ0) is 15.6. The summed E-state index contributed by atoms with van der Waals surface area (Å²) in [6, 6.07) is 6.86. The molecular weight excluding hydrogens is 279 g/mol. The van der Waals surface area contributed by atoms with E-state index >= 15 is 0 Å². The van der Waals surface area contributed by atoms with Crippen molar-refractivity contribution < 1.29 is 13.2 Å². The van der Waals surface area contributed by atoms with E-state index in [-0.39, 0.29) is 0 Å². The Morgan fingerprint density at radius 3 is 2.38 bits per heavy atom. The first kappa shape index (κ1) is 15.5. The second-order valence-corrected chi connectivity index (χ2v) is 4.93. The number of benzene rings is 1. The highest BCUT2D eigenvalue weighted by atomic mass is 19.4. The van der Waals surface area contributed by atoms with E-state index in [0.717, 1.165) is 17.7 Å². The van der Waals surface area contributed by atoms with Gasteiger partial charge in [-0.25, -0.2) is 5.43 Å². The van der Waals surface area contributed by atoms with Crippen LogP contribution in [-0.2, 0) is 6.18 Å². The van der Waals surface area contributed by atoms with Crippen molar-refractivity contribution in [2.24, 2.45) is 5.84 Å². The summed E-state index contributed by atoms with van der Waals surface area (Å²) in [7, 11) is 0. The molecule has 0 spiro atoms. The molecule has 0 fully saturated rings. The number of halogens is 3. The zero-order valence-corrected chi connectivity index (χ0v) is 11.7. The third-order valence-electron chi connectivity index (χ3n) is 3.31. The van der Waals surface area contributed by atoms with E-state index in [1.54, 1.807) is 13.1 Å². The molecule has 2 aromatic rings. The number of aryl methyl sites for hydroxylation is 2. The van der Waals surface area contributed by atoms with Crippen LogP contribution < -0.4 is 11.3 Å². The van der Waals surface area contributed by atoms with E-state index in [2.05, 4.69) is 10.4 Å². The summed E-state index contributed by atoms with van der Waals surface area (Å²) in [4.78, 5) is 4.23. The van der Waals surface area contributed by atoms with E-state index in [1.807, 2.05) is 19.1 Å². The zero-order valence-electron chi connectivity index (χ0n) is 11.7. The van der Waals surface area contributed by atoms with Crippen molar-refractivity contribution in [3.8, 4) is 0 Å². The molecule has 3 nitrogen and oxygen atoms in total. The number of alkyl halides is 3. The van der Waals surface area contributed by atoms with E-state index in [9.17, 15) is 13.2 Å². The van der Waals surface area contributed by atoms with E-state index in [0.29, 0.717) is 16.8 Å². The number of aromatic nitrogens is 1. The van der Waals surface area contributed by atoms with Crippen LogP contribution in [0, 0.1) is 13.8 Å². The van der Waals surface area contributed by atoms with Gasteiger partial charge in [-0.2, -0.15) is 13.2 Å². The minimum absolute atomic E-state index is 0.452. The third-order valence-corrected chi connectivity index (χ3v) is 3.31. The first-order valence-corrected chi connectivity index (χ1v) is 6.39. The normalized spacial score (nSPS) is 13.2. The Balaban J connectivity index is 2.44. The summed E-state index contributed by atoms with van der Waals surface area (Å²) >= 11 is 0. The molecule has 0 saturated heterocycles. The van der Waals surface area contributed by atoms with Gasteiger partial charge in [0.1, 0.15) is 0 Å². The molecular formula is C15H16F3N3. The van der Waals surface area contributed by atoms with Crippen LogP contribution in [0.1, 0.15) is 34.0 Å². The lowest BCUT2D eigenvalue weighted by Crippen LogP contribution is -2.30. The predicted octanol–water partition coefficient (Wildman–Crippen LogP) is 3.27. The van der Waals surface area contributed by atoms with Crippen molar-refractivity contribution in [3.05, 3.63) is 64.5 Å². The number of nitrogens with one attached hydrogen (secondary N) is 1. The molecule has 0 saturated carbocycles. The number of nitrogens with zero attached hydrogens (tertiary/aromatic N) is 1. The topological polar surface area (TPSA) is 50.9 Å². The quantitative estimate of drug-likeness (QED) is 0.675. The molecule has 1 aromatic heterocycles. The van der Waals surface area contributed by atoms with Crippen molar-refractivity contribution in [1.82, 2.24) is 10.4 Å². The Bertz CT molecular complexity index is 638. The van der Waals surface area contributed by atoms with Gasteiger partial charge >= 0.3 is 6.18 Å². The Hall–Kier alpha value is -1.92. The molecule has 3 N–H and O–H groups in total. The largest absolute Gasteiger partial charge is 0.416 e. The number of rotatable bonds is 3. The molecule has 21 heavy (non-hydrogen) atoms. The van der Waals surface area contributed by atoms with Crippen molar-refractivity contribution in [2.45, 2.75) is 26.1 Å². The van der Waals surface area contributed by atoms with Gasteiger partial charge in [0, 0.05) is 6.20 Å². The van der Waals surface area contributed by atoms with Gasteiger partial charge in [-0.3, -0.25) is 10.8 Å². The number of hydrogen-bond acceptors (Lipinski definition) is 3. The van der Waals surface area contributed by atoms with Crippen LogP contribution >= 0.6 is 0 Å². The van der Waals surface area contributed by atoms with Gasteiger partial charge in [-0.05, 0) is 54.8 Å². The van der Waals surface area contributed by atoms with Crippen LogP contribution in [0.25, 0.3) is 0 Å². The standard InChI is InChI=1S/C15H16F3N3/c1-9-5-6-20-13(7-9)14(21-19)12-4-3-11(8-10(12)2)15(16,17)18/h3-8,14,21H,19H2,1-2H3. The Morgan fingerprint density at radius 1 is 1.14 bits per heavy atom. The second kappa shape index (κ2) is 5.83. The first-order chi connectivity index (χ1) is 9.82. The van der Waals surface area contributed by atoms with Gasteiger partial charge in [-0.15, -0.1) is 0 Å². The Labute approximate surface area is 121 Å². The third kappa shape index (κ3) is 3.40. The predicted molar refractivity (Wildman–Crippen MR) is 74.3 cm³/mol. The number of hydrazine groups is 1. The highest BCUT2D eigenvalue weighted by Crippen LogP contribution is 2.32. The molecule has 2 rings (SSSR count). The highest BCUT2D eigenvalue weighted by molar-refractivity contribution is 5.38. The fourth-order valence-electron chi connectivity index (χ4n) is 2.23. The fourth-order valence-corrected chi connectivity index (χ4v) is 2.23. The molecule has 1 aromatic carbocycles. The highest BCUT2D eigenvalue weighted by Gasteiger charge is 2.31. The van der Waals surface area contributed by atoms with Crippen LogP contribution in [0.4, 0.5) is 13.2 Å². The number of nitrogens with two attached hydrogens (primary N) is 1. The van der Waals surface area contributed by atoms with E-state index < -0.39 is 17.8 Å². The summed E-state index contributed by atoms with van der Waals surface area (Å²) in [6.45, 7) is 3.54. The molecule has 0 aliphatic heterocycles. The van der Waals surface area contributed by atoms with Crippen LogP contribution in [0.2, 0.25) is 0 Å². The summed E-state index contributed by atoms with van der Waals surface area (Å²) in [5.74, 6) is 5.57. The van der Waals surface area contributed by atoms with Crippen molar-refractivity contribution in [1.29, 1.82) is 0 Å². The minimum Gasteiger partial charge on any atom is -0.271 e. The molecule has 6 heteroatoms. The van der Waals surface area contributed by atoms with Gasteiger partial charge in [0.2, 0.25) is 0 Å². The van der Waals surface area contributed by atoms with E-state index in [1.165, 1.54) is 6.07 Å². The second-order valence-electron chi connectivity index (χ2n) is 4.93. The number of pyridine rings is 1. The van der Waals surface area contributed by atoms with Crippen LogP contribution in [0.3, 0.4) is 0 Å². The monoisotopic (exact) mass is 295 g/mol. The molecule has 0 aliphatic rings. The fraction of sp³-hybridized carbons (Fsp3) is 0.267. The van der Waals surface area contributed by atoms with Gasteiger partial charge in [-0.1, -0.05) is 6.07 Å². The molecule has 0 aliphatic carbocycles. The van der Waals surface area contributed by atoms with Crippen molar-refractivity contribution in [2.75, 3.05) is 0 Å². The van der Waals surface area contributed by atoms with Gasteiger partial charge in [0.15, 0.2) is 0 Å². The average Bonchev–Trinajstić information content (AvgIpc) is 2.40. The molecule has 0 radical (unpaired) electrons. The van der Waals surface area contributed by atoms with Gasteiger partial charge < -0.3 is 0 Å². The number of hydrogen-bond donors (Lipinski definition) is 2. The Kier molecular flexibility index (Phi) is 4.29. The van der Waals surface area contributed by atoms with Crippen LogP contribution in [-0.4, -0.2) is 4.98 Å². The smallest absolute Gasteiger partial charge is 0.271 e. The first-order valence-electron chi connectivity index (χ1n) is 6.39. The maximum absolute atomic E-state index is 12.7. The van der Waals surface area contributed by atoms with Crippen LogP contribution in [0.5, 0.6) is 0 Å². The maximum atomic E-state index is 12.7. The molecule has 1 unspecified atom stereocenters. The molecule has 1 atom stereocenters. The summed E-state index contributed by atoms with van der Waals surface area (Å²) in [5.41, 5.74) is 4.80. The van der Waals surface area contributed by atoms with Gasteiger partial charge in [0.25, 0.3) is 0 Å². The summed E-state index contributed by atoms with van der Waals surface area (Å²) < 4.78 is 38.1. The van der Waals surface area contributed by atoms with Gasteiger partial charge in [0.05, 0.1) is 17.3 Å². The molecule has 0 bridgehead atoms. The molecule has 0 amide bonds. The lowest BCUT2D eigenvalue weighted by atomic mass is 9.96. The summed E-state index contributed by atoms with van der Waals surface area (Å²) in [6.07, 6.45) is -2.70. The van der Waals surface area contributed by atoms with Crippen LogP contribution in [0.15, 0.2) is 36.5 Å². The SMILES string of the molecule is Cc1ccnc(C(NN)c2ccc(C(F)(F)F)cc2C)c1. The van der Waals surface area contributed by atoms with Crippen molar-refractivity contribution in [3.63, 3.8) is 0 Å². The summed E-state index contributed by atoms with van der Waals surface area (Å²) in [5, 5.41) is 0. The molecule has 1 heterocycles. The lowest BCUT2D eigenvalue weighted by Gasteiger charge is -2.19. The lowest BCUT2D eigenvalue weighted by molar-refractivity contribution is -0.137. The molecule has 112 valence electrons. The minimum atomic E-state index is -4.35. The van der Waals surface area contributed by atoms with Crippen molar-refractivity contribution >= 4 is 0 Å². The average molecular weight is 295 g/mol. The van der Waals surface area contributed by atoms with E-state index in [4.69, 9.17) is 5.84 Å².